The van der Waals surface area contributed by atoms with Gasteiger partial charge in [-0.05, 0) is 63.5 Å². The van der Waals surface area contributed by atoms with Crippen LogP contribution in [0, 0.1) is 0 Å². The molecule has 8 heteroatoms. The predicted octanol–water partition coefficient (Wildman–Crippen LogP) is 5.62. The van der Waals surface area contributed by atoms with E-state index in [1.807, 2.05) is 32.3 Å². The van der Waals surface area contributed by atoms with Gasteiger partial charge in [-0.3, -0.25) is 9.69 Å². The fraction of sp³-hybridized carbons (Fsp3) is 0.263. The van der Waals surface area contributed by atoms with E-state index in [2.05, 4.69) is 9.88 Å². The van der Waals surface area contributed by atoms with Crippen LogP contribution in [0.15, 0.2) is 42.5 Å². The number of fused-ring (bicyclic) bond motifs is 1. The Morgan fingerprint density at radius 1 is 1.07 bits per heavy atom. The van der Waals surface area contributed by atoms with Crippen molar-refractivity contribution < 1.29 is 4.79 Å². The number of carbonyl (C=O) groups is 1. The molecule has 0 fully saturated rings. The maximum absolute atomic E-state index is 13.1. The number of aromatic nitrogens is 1. The first kappa shape index (κ1) is 21.9. The average molecular weight is 445 g/mol. The van der Waals surface area contributed by atoms with Crippen LogP contribution in [0.1, 0.15) is 16.8 Å². The van der Waals surface area contributed by atoms with Crippen molar-refractivity contribution in [1.29, 1.82) is 0 Å². The minimum Gasteiger partial charge on any atom is -0.309 e. The molecule has 0 radical (unpaired) electrons. The Morgan fingerprint density at radius 3 is 2.52 bits per heavy atom. The third kappa shape index (κ3) is 5.56. The van der Waals surface area contributed by atoms with Crippen LogP contribution in [-0.2, 0) is 0 Å². The third-order valence-electron chi connectivity index (χ3n) is 3.87. The monoisotopic (exact) mass is 443 g/mol. The maximum atomic E-state index is 13.1. The van der Waals surface area contributed by atoms with Crippen LogP contribution in [0.3, 0.4) is 0 Å². The molecule has 0 aliphatic carbocycles. The van der Waals surface area contributed by atoms with Crippen molar-refractivity contribution in [3.63, 3.8) is 0 Å². The topological polar surface area (TPSA) is 36.4 Å². The van der Waals surface area contributed by atoms with E-state index in [-0.39, 0.29) is 18.3 Å². The molecule has 3 rings (SSSR count). The number of hydrogen-bond donors (Lipinski definition) is 0. The van der Waals surface area contributed by atoms with Gasteiger partial charge in [0.15, 0.2) is 5.13 Å². The molecule has 0 saturated heterocycles. The zero-order valence-electron chi connectivity index (χ0n) is 15.0. The summed E-state index contributed by atoms with van der Waals surface area (Å²) < 4.78 is 0.962. The first-order valence-corrected chi connectivity index (χ1v) is 9.79. The van der Waals surface area contributed by atoms with Crippen molar-refractivity contribution >= 4 is 68.2 Å². The van der Waals surface area contributed by atoms with Crippen molar-refractivity contribution in [2.45, 2.75) is 6.42 Å². The lowest BCUT2D eigenvalue weighted by molar-refractivity contribution is 0.0986. The Balaban J connectivity index is 0.00000261. The molecule has 27 heavy (non-hydrogen) atoms. The first-order valence-electron chi connectivity index (χ1n) is 8.22. The molecule has 0 aliphatic rings. The van der Waals surface area contributed by atoms with E-state index in [4.69, 9.17) is 23.2 Å². The summed E-state index contributed by atoms with van der Waals surface area (Å²) in [6, 6.07) is 12.6. The van der Waals surface area contributed by atoms with Crippen LogP contribution in [-0.4, -0.2) is 43.0 Å². The molecule has 0 saturated carbocycles. The number of halogens is 3. The zero-order chi connectivity index (χ0) is 18.7. The smallest absolute Gasteiger partial charge is 0.260 e. The molecule has 0 unspecified atom stereocenters. The molecule has 1 aromatic heterocycles. The van der Waals surface area contributed by atoms with Crippen molar-refractivity contribution in [3.8, 4) is 0 Å². The van der Waals surface area contributed by atoms with Gasteiger partial charge in [0.1, 0.15) is 0 Å². The van der Waals surface area contributed by atoms with Gasteiger partial charge >= 0.3 is 0 Å². The van der Waals surface area contributed by atoms with Gasteiger partial charge in [-0.1, -0.05) is 40.6 Å². The van der Waals surface area contributed by atoms with E-state index in [1.54, 1.807) is 29.2 Å². The molecule has 144 valence electrons. The lowest BCUT2D eigenvalue weighted by Gasteiger charge is -2.21. The Kier molecular flexibility index (Phi) is 7.89. The third-order valence-corrected chi connectivity index (χ3v) is 5.39. The molecule has 2 aromatic carbocycles. The van der Waals surface area contributed by atoms with Crippen molar-refractivity contribution in [2.24, 2.45) is 0 Å². The summed E-state index contributed by atoms with van der Waals surface area (Å²) in [7, 11) is 4.03. The molecule has 0 spiro atoms. The Morgan fingerprint density at radius 2 is 1.81 bits per heavy atom. The number of nitrogens with zero attached hydrogens (tertiary/aromatic N) is 3. The average Bonchev–Trinajstić information content (AvgIpc) is 3.00. The fourth-order valence-corrected chi connectivity index (χ4v) is 4.06. The minimum absolute atomic E-state index is 0. The molecule has 0 aliphatic heterocycles. The minimum atomic E-state index is -0.101. The van der Waals surface area contributed by atoms with Crippen LogP contribution in [0.2, 0.25) is 10.0 Å². The number of anilines is 1. The van der Waals surface area contributed by atoms with Crippen LogP contribution in [0.5, 0.6) is 0 Å². The van der Waals surface area contributed by atoms with Crippen LogP contribution in [0.25, 0.3) is 10.2 Å². The molecule has 1 amide bonds. The molecule has 4 nitrogen and oxygen atoms in total. The number of amides is 1. The second-order valence-corrected chi connectivity index (χ2v) is 8.11. The highest BCUT2D eigenvalue weighted by molar-refractivity contribution is 7.22. The predicted molar refractivity (Wildman–Crippen MR) is 118 cm³/mol. The largest absolute Gasteiger partial charge is 0.309 e. The number of benzene rings is 2. The van der Waals surface area contributed by atoms with Gasteiger partial charge in [0, 0.05) is 22.2 Å². The highest BCUT2D eigenvalue weighted by Gasteiger charge is 2.21. The van der Waals surface area contributed by atoms with Crippen LogP contribution >= 0.6 is 46.9 Å². The lowest BCUT2D eigenvalue weighted by atomic mass is 10.2. The van der Waals surface area contributed by atoms with Crippen molar-refractivity contribution in [2.75, 3.05) is 32.1 Å². The molecule has 0 bridgehead atoms. The van der Waals surface area contributed by atoms with Crippen LogP contribution in [0.4, 0.5) is 5.13 Å². The van der Waals surface area contributed by atoms with Gasteiger partial charge in [-0.15, -0.1) is 12.4 Å². The van der Waals surface area contributed by atoms with E-state index < -0.39 is 0 Å². The quantitative estimate of drug-likeness (QED) is 0.495. The molecule has 0 atom stereocenters. The molecular weight excluding hydrogens is 425 g/mol. The van der Waals surface area contributed by atoms with E-state index in [0.717, 1.165) is 23.2 Å². The van der Waals surface area contributed by atoms with E-state index in [1.165, 1.54) is 11.3 Å². The molecule has 0 N–H and O–H groups in total. The van der Waals surface area contributed by atoms with E-state index in [9.17, 15) is 4.79 Å². The van der Waals surface area contributed by atoms with Gasteiger partial charge < -0.3 is 4.90 Å². The standard InChI is InChI=1S/C19H19Cl2N3OS.ClH/c1-23(2)9-4-10-24(18(25)13-5-3-6-14(20)11-13)19-22-16-8-7-15(21)12-17(16)26-19;/h3,5-8,11-12H,4,9-10H2,1-2H3;1H. The SMILES string of the molecule is CN(C)CCCN(C(=O)c1cccc(Cl)c1)c1nc2ccc(Cl)cc2s1.Cl. The summed E-state index contributed by atoms with van der Waals surface area (Å²) in [6.45, 7) is 1.47. The van der Waals surface area contributed by atoms with Gasteiger partial charge in [-0.25, -0.2) is 4.98 Å². The van der Waals surface area contributed by atoms with E-state index in [0.29, 0.717) is 27.3 Å². The fourth-order valence-electron chi connectivity index (χ4n) is 2.61. The summed E-state index contributed by atoms with van der Waals surface area (Å²) in [5, 5.41) is 1.87. The van der Waals surface area contributed by atoms with Gasteiger partial charge in [0.2, 0.25) is 0 Å². The van der Waals surface area contributed by atoms with Crippen molar-refractivity contribution in [1.82, 2.24) is 9.88 Å². The van der Waals surface area contributed by atoms with Gasteiger partial charge in [-0.2, -0.15) is 0 Å². The number of hydrogen-bond acceptors (Lipinski definition) is 4. The summed E-state index contributed by atoms with van der Waals surface area (Å²) in [4.78, 5) is 21.6. The van der Waals surface area contributed by atoms with Gasteiger partial charge in [0.25, 0.3) is 5.91 Å². The lowest BCUT2D eigenvalue weighted by Crippen LogP contribution is -2.33. The van der Waals surface area contributed by atoms with Crippen molar-refractivity contribution in [3.05, 3.63) is 58.1 Å². The number of rotatable bonds is 6. The molecule has 1 heterocycles. The molecule has 3 aromatic rings. The Labute approximate surface area is 179 Å². The first-order chi connectivity index (χ1) is 12.4. The summed E-state index contributed by atoms with van der Waals surface area (Å²) in [5.74, 6) is -0.101. The normalized spacial score (nSPS) is 10.9. The Bertz CT molecular complexity index is 929. The summed E-state index contributed by atoms with van der Waals surface area (Å²) >= 11 is 13.6. The molecular formula is C19H20Cl3N3OS. The maximum Gasteiger partial charge on any atom is 0.260 e. The highest BCUT2D eigenvalue weighted by atomic mass is 35.5. The van der Waals surface area contributed by atoms with E-state index >= 15 is 0 Å². The second kappa shape index (κ2) is 9.71. The van der Waals surface area contributed by atoms with Gasteiger partial charge in [0.05, 0.1) is 10.2 Å². The highest BCUT2D eigenvalue weighted by Crippen LogP contribution is 2.31. The zero-order valence-corrected chi connectivity index (χ0v) is 18.1. The summed E-state index contributed by atoms with van der Waals surface area (Å²) in [6.07, 6.45) is 0.843. The number of thiazole rings is 1. The van der Waals surface area contributed by atoms with Crippen LogP contribution < -0.4 is 4.90 Å². The number of carbonyl (C=O) groups excluding carboxylic acids is 1. The second-order valence-electron chi connectivity index (χ2n) is 6.23. The Hall–Kier alpha value is -1.37. The summed E-state index contributed by atoms with van der Waals surface area (Å²) in [5.41, 5.74) is 1.39.